The monoisotopic (exact) mass is 355 g/mol. The summed E-state index contributed by atoms with van der Waals surface area (Å²) in [5.74, 6) is 0.205. The first kappa shape index (κ1) is 17.3. The number of ether oxygens (including phenoxy) is 1. The Kier molecular flexibility index (Phi) is 4.61. The van der Waals surface area contributed by atoms with Crippen molar-refractivity contribution in [2.24, 2.45) is 0 Å². The molecule has 0 spiro atoms. The van der Waals surface area contributed by atoms with Crippen molar-refractivity contribution < 1.29 is 19.1 Å². The molecule has 9 nitrogen and oxygen atoms in total. The minimum atomic E-state index is -4.18. The molecule has 1 aliphatic carbocycles. The molecule has 24 heavy (non-hydrogen) atoms. The Morgan fingerprint density at radius 3 is 2.79 bits per heavy atom. The number of unbranched alkanes of at least 4 members (excludes halogenated alkanes) is 1. The van der Waals surface area contributed by atoms with Crippen LogP contribution in [0.1, 0.15) is 38.3 Å². The fourth-order valence-corrected chi connectivity index (χ4v) is 3.12. The van der Waals surface area contributed by atoms with Crippen molar-refractivity contribution in [3.8, 4) is 0 Å². The van der Waals surface area contributed by atoms with Gasteiger partial charge in [-0.3, -0.25) is 4.57 Å². The van der Waals surface area contributed by atoms with Gasteiger partial charge in [-0.25, -0.2) is 9.97 Å². The SMILES string of the molecule is CCCCc1nc(N)nc2c1ncn2CC1(OCP(=O)(O)O)CC1. The summed E-state index contributed by atoms with van der Waals surface area (Å²) in [7, 11) is -4.18. The van der Waals surface area contributed by atoms with E-state index in [1.54, 1.807) is 6.33 Å². The topological polar surface area (TPSA) is 136 Å². The Bertz CT molecular complexity index is 783. The molecule has 0 atom stereocenters. The fraction of sp³-hybridized carbons (Fsp3) is 0.643. The van der Waals surface area contributed by atoms with E-state index in [1.807, 2.05) is 4.57 Å². The minimum absolute atomic E-state index is 0.205. The van der Waals surface area contributed by atoms with E-state index in [-0.39, 0.29) is 5.95 Å². The first-order chi connectivity index (χ1) is 11.3. The molecule has 1 fully saturated rings. The lowest BCUT2D eigenvalue weighted by atomic mass is 10.2. The molecular formula is C14H22N5O4P. The standard InChI is InChI=1S/C14H22N5O4P/c1-2-3-4-10-11-12(18-13(15)17-10)19(8-16-11)7-14(5-6-14)23-9-24(20,21)22/h8H,2-7,9H2,1H3,(H2,15,17,18)(H2,20,21,22). The van der Waals surface area contributed by atoms with Gasteiger partial charge in [-0.05, 0) is 25.7 Å². The number of hydrogen-bond donors (Lipinski definition) is 3. The fourth-order valence-electron chi connectivity index (χ4n) is 2.67. The lowest BCUT2D eigenvalue weighted by molar-refractivity contribution is 0.0417. The molecule has 0 amide bonds. The van der Waals surface area contributed by atoms with Gasteiger partial charge in [0.25, 0.3) is 0 Å². The van der Waals surface area contributed by atoms with E-state index in [0.29, 0.717) is 12.2 Å². The largest absolute Gasteiger partial charge is 0.368 e. The van der Waals surface area contributed by atoms with Crippen molar-refractivity contribution in [3.63, 3.8) is 0 Å². The average Bonchev–Trinajstić information content (AvgIpc) is 3.17. The van der Waals surface area contributed by atoms with Crippen molar-refractivity contribution in [2.75, 3.05) is 12.1 Å². The van der Waals surface area contributed by atoms with E-state index < -0.39 is 19.5 Å². The lowest BCUT2D eigenvalue weighted by Crippen LogP contribution is -2.22. The van der Waals surface area contributed by atoms with Crippen molar-refractivity contribution in [1.29, 1.82) is 0 Å². The Hall–Kier alpha value is -1.54. The molecule has 0 bridgehead atoms. The minimum Gasteiger partial charge on any atom is -0.368 e. The summed E-state index contributed by atoms with van der Waals surface area (Å²) < 4.78 is 18.3. The molecule has 2 aromatic rings. The van der Waals surface area contributed by atoms with Crippen molar-refractivity contribution in [2.45, 2.75) is 51.2 Å². The zero-order chi connectivity index (χ0) is 17.4. The summed E-state index contributed by atoms with van der Waals surface area (Å²) in [6.07, 6.45) is 5.41. The second kappa shape index (κ2) is 6.40. The van der Waals surface area contributed by atoms with Gasteiger partial charge >= 0.3 is 7.60 Å². The first-order valence-electron chi connectivity index (χ1n) is 7.98. The molecule has 132 valence electrons. The van der Waals surface area contributed by atoms with E-state index in [0.717, 1.165) is 43.3 Å². The first-order valence-corrected chi connectivity index (χ1v) is 9.77. The maximum atomic E-state index is 11.0. The second-order valence-electron chi connectivity index (χ2n) is 6.30. The quantitative estimate of drug-likeness (QED) is 0.605. The van der Waals surface area contributed by atoms with Crippen molar-refractivity contribution in [1.82, 2.24) is 19.5 Å². The lowest BCUT2D eigenvalue weighted by Gasteiger charge is -2.17. The zero-order valence-electron chi connectivity index (χ0n) is 13.6. The van der Waals surface area contributed by atoms with E-state index >= 15 is 0 Å². The summed E-state index contributed by atoms with van der Waals surface area (Å²) in [5, 5.41) is 0. The summed E-state index contributed by atoms with van der Waals surface area (Å²) in [4.78, 5) is 31.0. The van der Waals surface area contributed by atoms with E-state index in [1.165, 1.54) is 0 Å². The van der Waals surface area contributed by atoms with Gasteiger partial charge in [0.1, 0.15) is 11.9 Å². The van der Waals surface area contributed by atoms with Crippen LogP contribution in [-0.2, 0) is 22.3 Å². The molecular weight excluding hydrogens is 333 g/mol. The number of hydrogen-bond acceptors (Lipinski definition) is 6. The number of rotatable bonds is 8. The number of nitrogen functional groups attached to an aromatic ring is 1. The summed E-state index contributed by atoms with van der Waals surface area (Å²) >= 11 is 0. The highest BCUT2D eigenvalue weighted by Gasteiger charge is 2.46. The Morgan fingerprint density at radius 2 is 2.17 bits per heavy atom. The number of imidazole rings is 1. The van der Waals surface area contributed by atoms with Gasteiger partial charge in [0, 0.05) is 0 Å². The normalized spacial score (nSPS) is 16.6. The Labute approximate surface area is 139 Å². The smallest absolute Gasteiger partial charge is 0.351 e. The molecule has 0 radical (unpaired) electrons. The van der Waals surface area contributed by atoms with Crippen LogP contribution in [0.25, 0.3) is 11.2 Å². The number of fused-ring (bicyclic) bond motifs is 1. The highest BCUT2D eigenvalue weighted by Crippen LogP contribution is 2.46. The van der Waals surface area contributed by atoms with Crippen LogP contribution in [0.15, 0.2) is 6.33 Å². The highest BCUT2D eigenvalue weighted by molar-refractivity contribution is 7.51. The third-order valence-electron chi connectivity index (χ3n) is 4.13. The van der Waals surface area contributed by atoms with E-state index in [9.17, 15) is 4.57 Å². The maximum Gasteiger partial charge on any atom is 0.351 e. The molecule has 0 aromatic carbocycles. The molecule has 10 heteroatoms. The van der Waals surface area contributed by atoms with Gasteiger partial charge < -0.3 is 24.8 Å². The van der Waals surface area contributed by atoms with E-state index in [2.05, 4.69) is 21.9 Å². The second-order valence-corrected chi connectivity index (χ2v) is 7.89. The van der Waals surface area contributed by atoms with E-state index in [4.69, 9.17) is 20.3 Å². The Balaban J connectivity index is 1.83. The summed E-state index contributed by atoms with van der Waals surface area (Å²) in [6, 6.07) is 0. The van der Waals surface area contributed by atoms with Crippen LogP contribution in [0.4, 0.5) is 5.95 Å². The zero-order valence-corrected chi connectivity index (χ0v) is 14.4. The maximum absolute atomic E-state index is 11.0. The van der Waals surface area contributed by atoms with Crippen LogP contribution in [-0.4, -0.2) is 41.3 Å². The number of anilines is 1. The van der Waals surface area contributed by atoms with Crippen LogP contribution in [0.5, 0.6) is 0 Å². The van der Waals surface area contributed by atoms with Gasteiger partial charge in [0.2, 0.25) is 5.95 Å². The van der Waals surface area contributed by atoms with Gasteiger partial charge in [-0.2, -0.15) is 4.98 Å². The predicted molar refractivity (Wildman–Crippen MR) is 88.3 cm³/mol. The van der Waals surface area contributed by atoms with Gasteiger partial charge in [0.15, 0.2) is 5.65 Å². The molecule has 2 heterocycles. The van der Waals surface area contributed by atoms with Crippen LogP contribution < -0.4 is 5.73 Å². The van der Waals surface area contributed by atoms with Crippen LogP contribution in [0, 0.1) is 0 Å². The summed E-state index contributed by atoms with van der Waals surface area (Å²) in [5.41, 5.74) is 7.46. The highest BCUT2D eigenvalue weighted by atomic mass is 31.2. The van der Waals surface area contributed by atoms with Crippen LogP contribution in [0.2, 0.25) is 0 Å². The number of aryl methyl sites for hydroxylation is 1. The third kappa shape index (κ3) is 3.92. The molecule has 1 aliphatic rings. The van der Waals surface area contributed by atoms with Crippen molar-refractivity contribution >= 4 is 24.7 Å². The summed E-state index contributed by atoms with van der Waals surface area (Å²) in [6.45, 7) is 2.54. The van der Waals surface area contributed by atoms with Gasteiger partial charge in [-0.1, -0.05) is 13.3 Å². The van der Waals surface area contributed by atoms with Crippen molar-refractivity contribution in [3.05, 3.63) is 12.0 Å². The molecule has 0 aliphatic heterocycles. The predicted octanol–water partition coefficient (Wildman–Crippen LogP) is 1.44. The third-order valence-corrected chi connectivity index (χ3v) is 4.59. The molecule has 3 rings (SSSR count). The van der Waals surface area contributed by atoms with Crippen LogP contribution in [0.3, 0.4) is 0 Å². The number of aromatic nitrogens is 4. The average molecular weight is 355 g/mol. The Morgan fingerprint density at radius 1 is 1.42 bits per heavy atom. The number of nitrogens with zero attached hydrogens (tertiary/aromatic N) is 4. The molecule has 0 saturated heterocycles. The molecule has 1 saturated carbocycles. The van der Waals surface area contributed by atoms with Gasteiger partial charge in [0.05, 0.1) is 24.2 Å². The number of nitrogens with two attached hydrogens (primary N) is 1. The molecule has 0 unspecified atom stereocenters. The molecule has 2 aromatic heterocycles. The van der Waals surface area contributed by atoms with Crippen LogP contribution >= 0.6 is 7.60 Å². The van der Waals surface area contributed by atoms with Gasteiger partial charge in [-0.15, -0.1) is 0 Å². The molecule has 4 N–H and O–H groups in total.